The third kappa shape index (κ3) is 3.95. The summed E-state index contributed by atoms with van der Waals surface area (Å²) in [5.41, 5.74) is 3.85. The first-order chi connectivity index (χ1) is 19.4. The standard InChI is InChI=1S/C23H26N2O4.C6H11NO3S/c1-27-16-8-14-15(9-17(16)28-2)25-20(26)10-18-21-13-7-19-23(14,22(21)25)4-5-24(19)11-12(13)3-6-29-18;1-11-3-2-5(6(9)10)7-4-8/h3,8-9,13,18-19,21-22H,4-7,10-11H2,1-2H3;4-5H,2-3H2,1H3,(H,7,8)(H,9,10). The predicted molar refractivity (Wildman–Crippen MR) is 150 cm³/mol. The van der Waals surface area contributed by atoms with Crippen molar-refractivity contribution in [2.45, 2.75) is 55.3 Å². The first kappa shape index (κ1) is 27.4. The number of carboxylic acid groups (broad SMARTS) is 1. The molecule has 40 heavy (non-hydrogen) atoms. The van der Waals surface area contributed by atoms with E-state index in [9.17, 15) is 14.4 Å². The van der Waals surface area contributed by atoms with Crippen LogP contribution in [0.1, 0.15) is 31.2 Å². The molecule has 5 heterocycles. The highest BCUT2D eigenvalue weighted by molar-refractivity contribution is 7.98. The molecule has 2 N–H and O–H groups in total. The lowest BCUT2D eigenvalue weighted by atomic mass is 9.53. The molecule has 1 aromatic rings. The van der Waals surface area contributed by atoms with E-state index in [1.807, 2.05) is 12.3 Å². The van der Waals surface area contributed by atoms with Crippen molar-refractivity contribution in [2.75, 3.05) is 50.8 Å². The van der Waals surface area contributed by atoms with Crippen LogP contribution in [-0.4, -0.2) is 98.4 Å². The average Bonchev–Trinajstić information content (AvgIpc) is 3.42. The van der Waals surface area contributed by atoms with Gasteiger partial charge in [-0.1, -0.05) is 11.6 Å². The van der Waals surface area contributed by atoms with Gasteiger partial charge < -0.3 is 29.5 Å². The molecule has 10 nitrogen and oxygen atoms in total. The van der Waals surface area contributed by atoms with Gasteiger partial charge in [0.15, 0.2) is 11.5 Å². The average molecular weight is 572 g/mol. The van der Waals surface area contributed by atoms with Crippen molar-refractivity contribution in [2.24, 2.45) is 11.8 Å². The molecule has 1 aliphatic carbocycles. The second-order valence-corrected chi connectivity index (χ2v) is 12.4. The number of ether oxygens (including phenoxy) is 3. The normalized spacial score (nSPS) is 33.1. The number of thioether (sulfide) groups is 1. The number of piperidine rings is 2. The zero-order chi connectivity index (χ0) is 28.2. The van der Waals surface area contributed by atoms with Crippen LogP contribution in [0.3, 0.4) is 0 Å². The number of nitrogens with one attached hydrogen (secondary N) is 1. The van der Waals surface area contributed by atoms with Gasteiger partial charge in [-0.2, -0.15) is 11.8 Å². The third-order valence-electron chi connectivity index (χ3n) is 9.99. The summed E-state index contributed by atoms with van der Waals surface area (Å²) in [5, 5.41) is 10.7. The van der Waals surface area contributed by atoms with Crippen molar-refractivity contribution >= 4 is 35.7 Å². The second-order valence-electron chi connectivity index (χ2n) is 11.4. The molecule has 4 fully saturated rings. The fourth-order valence-electron chi connectivity index (χ4n) is 8.47. The van der Waals surface area contributed by atoms with Crippen LogP contribution in [0.25, 0.3) is 0 Å². The number of carbonyl (C=O) groups excluding carboxylic acids is 2. The Balaban J connectivity index is 0.000000227. The number of fused-ring (bicyclic) bond motifs is 2. The van der Waals surface area contributed by atoms with Gasteiger partial charge in [-0.15, -0.1) is 0 Å². The molecule has 1 spiro atoms. The third-order valence-corrected chi connectivity index (χ3v) is 10.6. The van der Waals surface area contributed by atoms with Gasteiger partial charge >= 0.3 is 5.97 Å². The molecule has 6 aliphatic rings. The van der Waals surface area contributed by atoms with Gasteiger partial charge in [-0.3, -0.25) is 14.5 Å². The smallest absolute Gasteiger partial charge is 0.326 e. The Morgan fingerprint density at radius 3 is 2.80 bits per heavy atom. The van der Waals surface area contributed by atoms with Crippen molar-refractivity contribution in [1.82, 2.24) is 10.2 Å². The molecule has 1 aromatic carbocycles. The lowest BCUT2D eigenvalue weighted by Crippen LogP contribution is -2.69. The summed E-state index contributed by atoms with van der Waals surface area (Å²) in [4.78, 5) is 38.5. The van der Waals surface area contributed by atoms with E-state index < -0.39 is 12.0 Å². The van der Waals surface area contributed by atoms with E-state index in [0.717, 1.165) is 36.7 Å². The monoisotopic (exact) mass is 571 g/mol. The summed E-state index contributed by atoms with van der Waals surface area (Å²) >= 11 is 1.55. The first-order valence-electron chi connectivity index (χ1n) is 13.9. The Morgan fingerprint density at radius 1 is 1.32 bits per heavy atom. The molecule has 0 aromatic heterocycles. The minimum Gasteiger partial charge on any atom is -0.493 e. The maximum atomic E-state index is 13.5. The largest absolute Gasteiger partial charge is 0.493 e. The van der Waals surface area contributed by atoms with Crippen LogP contribution in [0, 0.1) is 11.8 Å². The Kier molecular flexibility index (Phi) is 7.25. The maximum absolute atomic E-state index is 13.5. The van der Waals surface area contributed by atoms with E-state index in [0.29, 0.717) is 49.5 Å². The fraction of sp³-hybridized carbons (Fsp3) is 0.621. The van der Waals surface area contributed by atoms with E-state index in [2.05, 4.69) is 27.3 Å². The number of anilines is 1. The Bertz CT molecular complexity index is 1240. The van der Waals surface area contributed by atoms with Crippen molar-refractivity contribution in [3.8, 4) is 11.5 Å². The van der Waals surface area contributed by atoms with Crippen LogP contribution in [0.15, 0.2) is 23.8 Å². The molecular formula is C29H37N3O7S. The van der Waals surface area contributed by atoms with Gasteiger partial charge in [0.25, 0.3) is 0 Å². The highest BCUT2D eigenvalue weighted by Crippen LogP contribution is 2.66. The quantitative estimate of drug-likeness (QED) is 0.357. The van der Waals surface area contributed by atoms with Crippen molar-refractivity contribution < 1.29 is 33.7 Å². The molecular weight excluding hydrogens is 534 g/mol. The van der Waals surface area contributed by atoms with Crippen LogP contribution in [0.4, 0.5) is 5.69 Å². The Morgan fingerprint density at radius 2 is 2.10 bits per heavy atom. The van der Waals surface area contributed by atoms with E-state index in [1.165, 1.54) is 12.0 Å². The van der Waals surface area contributed by atoms with E-state index in [1.54, 1.807) is 31.6 Å². The number of amides is 2. The minimum atomic E-state index is -0.980. The molecule has 7 rings (SSSR count). The number of benzene rings is 1. The fourth-order valence-corrected chi connectivity index (χ4v) is 8.94. The number of methoxy groups -OCH3 is 2. The number of hydrogen-bond donors (Lipinski definition) is 2. The zero-order valence-corrected chi connectivity index (χ0v) is 23.9. The summed E-state index contributed by atoms with van der Waals surface area (Å²) in [6.45, 7) is 2.80. The number of rotatable bonds is 8. The number of hydrogen-bond acceptors (Lipinski definition) is 8. The van der Waals surface area contributed by atoms with Crippen molar-refractivity contribution in [3.63, 3.8) is 0 Å². The number of aliphatic carboxylic acids is 1. The van der Waals surface area contributed by atoms with Crippen LogP contribution in [0.2, 0.25) is 0 Å². The Labute approximate surface area is 238 Å². The van der Waals surface area contributed by atoms with Crippen LogP contribution >= 0.6 is 11.8 Å². The van der Waals surface area contributed by atoms with Gasteiger partial charge in [0.1, 0.15) is 6.04 Å². The summed E-state index contributed by atoms with van der Waals surface area (Å²) in [6.07, 6.45) is 7.88. The highest BCUT2D eigenvalue weighted by Gasteiger charge is 2.71. The lowest BCUT2D eigenvalue weighted by Gasteiger charge is -2.58. The predicted octanol–water partition coefficient (Wildman–Crippen LogP) is 2.05. The highest BCUT2D eigenvalue weighted by atomic mass is 32.2. The van der Waals surface area contributed by atoms with Crippen molar-refractivity contribution in [3.05, 3.63) is 29.3 Å². The molecule has 7 atom stereocenters. The lowest BCUT2D eigenvalue weighted by molar-refractivity contribution is -0.140. The maximum Gasteiger partial charge on any atom is 0.326 e. The zero-order valence-electron chi connectivity index (χ0n) is 23.1. The molecule has 5 aliphatic heterocycles. The minimum absolute atomic E-state index is 0.0242. The molecule has 2 bridgehead atoms. The molecule has 7 unspecified atom stereocenters. The van der Waals surface area contributed by atoms with Crippen molar-refractivity contribution in [1.29, 1.82) is 0 Å². The van der Waals surface area contributed by atoms with Gasteiger partial charge in [0.05, 0.1) is 45.1 Å². The SMILES string of the molecule is COc1cc2c(cc1OC)C13CCN4CC5=CCOC6CC(=O)N2C1C6C5CC43.CSCCC(NC=O)C(=O)O. The molecule has 11 heteroatoms. The second kappa shape index (κ2) is 10.6. The number of carboxylic acids is 1. The van der Waals surface area contributed by atoms with Crippen LogP contribution in [-0.2, 0) is 24.5 Å². The molecule has 1 saturated carbocycles. The van der Waals surface area contributed by atoms with Gasteiger partial charge in [-0.05, 0) is 55.4 Å². The topological polar surface area (TPSA) is 118 Å². The van der Waals surface area contributed by atoms with Gasteiger partial charge in [0, 0.05) is 30.0 Å². The van der Waals surface area contributed by atoms with Crippen LogP contribution < -0.4 is 19.7 Å². The summed E-state index contributed by atoms with van der Waals surface area (Å²) < 4.78 is 17.6. The van der Waals surface area contributed by atoms with E-state index in [-0.39, 0.29) is 23.5 Å². The molecule has 2 amide bonds. The number of carbonyl (C=O) groups is 3. The summed E-state index contributed by atoms with van der Waals surface area (Å²) in [7, 11) is 3.36. The molecule has 0 radical (unpaired) electrons. The Hall–Kier alpha value is -2.76. The molecule has 3 saturated heterocycles. The van der Waals surface area contributed by atoms with Gasteiger partial charge in [0.2, 0.25) is 12.3 Å². The van der Waals surface area contributed by atoms with E-state index in [4.69, 9.17) is 19.3 Å². The van der Waals surface area contributed by atoms with Gasteiger partial charge in [-0.25, -0.2) is 4.79 Å². The van der Waals surface area contributed by atoms with E-state index >= 15 is 0 Å². The number of nitrogens with zero attached hydrogens (tertiary/aromatic N) is 2. The van der Waals surface area contributed by atoms with Crippen LogP contribution in [0.5, 0.6) is 11.5 Å². The first-order valence-corrected chi connectivity index (χ1v) is 15.3. The summed E-state index contributed by atoms with van der Waals surface area (Å²) in [5.74, 6) is 2.33. The summed E-state index contributed by atoms with van der Waals surface area (Å²) in [6, 6.07) is 4.13. The molecule has 216 valence electrons.